The number of pyridine rings is 1. The molecule has 0 aromatic carbocycles. The van der Waals surface area contributed by atoms with Crippen molar-refractivity contribution in [2.75, 3.05) is 51.7 Å². The predicted molar refractivity (Wildman–Crippen MR) is 94.9 cm³/mol. The molecule has 0 spiro atoms. The highest BCUT2D eigenvalue weighted by atomic mass is 15.3. The Kier molecular flexibility index (Phi) is 5.33. The summed E-state index contributed by atoms with van der Waals surface area (Å²) < 4.78 is 0. The van der Waals surface area contributed by atoms with Crippen molar-refractivity contribution >= 4 is 11.8 Å². The largest absolute Gasteiger partial charge is 0.356 e. The van der Waals surface area contributed by atoms with Crippen LogP contribution in [0.3, 0.4) is 0 Å². The fourth-order valence-electron chi connectivity index (χ4n) is 2.75. The van der Waals surface area contributed by atoms with Gasteiger partial charge in [0.05, 0.1) is 0 Å². The van der Waals surface area contributed by atoms with Gasteiger partial charge in [-0.05, 0) is 43.5 Å². The molecule has 0 amide bonds. The molecule has 6 heteroatoms. The smallest absolute Gasteiger partial charge is 0.191 e. The standard InChI is InChI=1S/C17H28N6/c1-18-17(20-12-14-3-4-14)21-13-15-5-6-19-16(11-15)23-9-7-22(2)8-10-23/h5-6,11,14H,3-4,7-10,12-13H2,1-2H3,(H2,18,20,21). The summed E-state index contributed by atoms with van der Waals surface area (Å²) in [6, 6.07) is 4.26. The molecule has 3 rings (SSSR count). The number of anilines is 1. The molecule has 23 heavy (non-hydrogen) atoms. The van der Waals surface area contributed by atoms with E-state index in [1.807, 2.05) is 13.2 Å². The molecular weight excluding hydrogens is 288 g/mol. The maximum Gasteiger partial charge on any atom is 0.191 e. The second-order valence-corrected chi connectivity index (χ2v) is 6.56. The molecule has 2 aliphatic rings. The number of aliphatic imine (C=N–C) groups is 1. The van der Waals surface area contributed by atoms with E-state index in [1.165, 1.54) is 18.4 Å². The fraction of sp³-hybridized carbons (Fsp3) is 0.647. The molecule has 0 unspecified atom stereocenters. The lowest BCUT2D eigenvalue weighted by Gasteiger charge is -2.33. The number of nitrogens with one attached hydrogen (secondary N) is 2. The van der Waals surface area contributed by atoms with E-state index in [4.69, 9.17) is 0 Å². The van der Waals surface area contributed by atoms with E-state index in [0.29, 0.717) is 0 Å². The lowest BCUT2D eigenvalue weighted by Crippen LogP contribution is -2.44. The molecule has 0 atom stereocenters. The highest BCUT2D eigenvalue weighted by molar-refractivity contribution is 5.79. The lowest BCUT2D eigenvalue weighted by molar-refractivity contribution is 0.312. The number of rotatable bonds is 5. The molecule has 6 nitrogen and oxygen atoms in total. The van der Waals surface area contributed by atoms with Crippen LogP contribution in [0.4, 0.5) is 5.82 Å². The molecule has 0 bridgehead atoms. The van der Waals surface area contributed by atoms with Crippen LogP contribution in [-0.2, 0) is 6.54 Å². The summed E-state index contributed by atoms with van der Waals surface area (Å²) in [6.07, 6.45) is 4.61. The van der Waals surface area contributed by atoms with E-state index in [9.17, 15) is 0 Å². The van der Waals surface area contributed by atoms with Crippen molar-refractivity contribution in [1.29, 1.82) is 0 Å². The van der Waals surface area contributed by atoms with Gasteiger partial charge in [0, 0.05) is 52.5 Å². The minimum absolute atomic E-state index is 0.771. The lowest BCUT2D eigenvalue weighted by atomic mass is 10.2. The maximum atomic E-state index is 4.54. The number of guanidine groups is 1. The summed E-state index contributed by atoms with van der Waals surface area (Å²) in [4.78, 5) is 13.5. The third-order valence-electron chi connectivity index (χ3n) is 4.58. The zero-order valence-electron chi connectivity index (χ0n) is 14.3. The van der Waals surface area contributed by atoms with Gasteiger partial charge in [0.25, 0.3) is 0 Å². The van der Waals surface area contributed by atoms with Crippen LogP contribution in [0.2, 0.25) is 0 Å². The third-order valence-corrected chi connectivity index (χ3v) is 4.58. The Morgan fingerprint density at radius 3 is 2.74 bits per heavy atom. The zero-order chi connectivity index (χ0) is 16.1. The van der Waals surface area contributed by atoms with Crippen molar-refractivity contribution in [3.8, 4) is 0 Å². The molecule has 1 aliphatic heterocycles. The molecular formula is C17H28N6. The van der Waals surface area contributed by atoms with Crippen LogP contribution in [0.5, 0.6) is 0 Å². The van der Waals surface area contributed by atoms with E-state index in [1.54, 1.807) is 0 Å². The van der Waals surface area contributed by atoms with Gasteiger partial charge < -0.3 is 20.4 Å². The highest BCUT2D eigenvalue weighted by Crippen LogP contribution is 2.27. The molecule has 1 aromatic rings. The first-order chi connectivity index (χ1) is 11.2. The van der Waals surface area contributed by atoms with Crippen molar-refractivity contribution in [3.63, 3.8) is 0 Å². The normalized spacial score (nSPS) is 19.7. The van der Waals surface area contributed by atoms with Gasteiger partial charge in [-0.3, -0.25) is 4.99 Å². The molecule has 1 aliphatic carbocycles. The molecule has 126 valence electrons. The molecule has 1 saturated carbocycles. The van der Waals surface area contributed by atoms with E-state index >= 15 is 0 Å². The minimum Gasteiger partial charge on any atom is -0.356 e. The Morgan fingerprint density at radius 1 is 1.26 bits per heavy atom. The highest BCUT2D eigenvalue weighted by Gasteiger charge is 2.21. The first-order valence-electron chi connectivity index (χ1n) is 8.57. The van der Waals surface area contributed by atoms with Crippen LogP contribution < -0.4 is 15.5 Å². The van der Waals surface area contributed by atoms with Crippen molar-refractivity contribution in [3.05, 3.63) is 23.9 Å². The average molecular weight is 316 g/mol. The van der Waals surface area contributed by atoms with Crippen LogP contribution in [0.1, 0.15) is 18.4 Å². The van der Waals surface area contributed by atoms with Crippen molar-refractivity contribution in [2.45, 2.75) is 19.4 Å². The summed E-state index contributed by atoms with van der Waals surface area (Å²) in [6.45, 7) is 6.09. The van der Waals surface area contributed by atoms with Gasteiger partial charge in [-0.15, -0.1) is 0 Å². The summed E-state index contributed by atoms with van der Waals surface area (Å²) in [5.41, 5.74) is 1.24. The number of piperazine rings is 1. The Labute approximate surface area is 139 Å². The van der Waals surface area contributed by atoms with E-state index in [2.05, 4.69) is 49.6 Å². The molecule has 1 aromatic heterocycles. The summed E-state index contributed by atoms with van der Waals surface area (Å²) in [5, 5.41) is 6.78. The second-order valence-electron chi connectivity index (χ2n) is 6.56. The number of hydrogen-bond donors (Lipinski definition) is 2. The molecule has 2 N–H and O–H groups in total. The second kappa shape index (κ2) is 7.64. The van der Waals surface area contributed by atoms with Gasteiger partial charge >= 0.3 is 0 Å². The van der Waals surface area contributed by atoms with Crippen molar-refractivity contribution in [2.24, 2.45) is 10.9 Å². The SMILES string of the molecule is CN=C(NCc1ccnc(N2CCN(C)CC2)c1)NCC1CC1. The Bertz CT molecular complexity index is 532. The van der Waals surface area contributed by atoms with Crippen molar-refractivity contribution < 1.29 is 0 Å². The number of aromatic nitrogens is 1. The van der Waals surface area contributed by atoms with Crippen LogP contribution in [-0.4, -0.2) is 62.7 Å². The quantitative estimate of drug-likeness (QED) is 0.625. The van der Waals surface area contributed by atoms with Crippen LogP contribution in [0, 0.1) is 5.92 Å². The van der Waals surface area contributed by atoms with E-state index in [-0.39, 0.29) is 0 Å². The minimum atomic E-state index is 0.771. The monoisotopic (exact) mass is 316 g/mol. The van der Waals surface area contributed by atoms with Gasteiger partial charge in [-0.25, -0.2) is 4.98 Å². The Hall–Kier alpha value is -1.82. The first kappa shape index (κ1) is 16.1. The number of hydrogen-bond acceptors (Lipinski definition) is 4. The third kappa shape index (κ3) is 4.82. The van der Waals surface area contributed by atoms with Crippen molar-refractivity contribution in [1.82, 2.24) is 20.5 Å². The van der Waals surface area contributed by atoms with Crippen LogP contribution in [0.25, 0.3) is 0 Å². The molecule has 1 saturated heterocycles. The van der Waals surface area contributed by atoms with Crippen LogP contribution >= 0.6 is 0 Å². The van der Waals surface area contributed by atoms with E-state index < -0.39 is 0 Å². The maximum absolute atomic E-state index is 4.54. The topological polar surface area (TPSA) is 55.8 Å². The van der Waals surface area contributed by atoms with Gasteiger partial charge in [-0.1, -0.05) is 0 Å². The zero-order valence-corrected chi connectivity index (χ0v) is 14.3. The first-order valence-corrected chi connectivity index (χ1v) is 8.57. The summed E-state index contributed by atoms with van der Waals surface area (Å²) in [7, 11) is 4.00. The molecule has 2 heterocycles. The average Bonchev–Trinajstić information content (AvgIpc) is 3.40. The Morgan fingerprint density at radius 2 is 2.04 bits per heavy atom. The van der Waals surface area contributed by atoms with Gasteiger partial charge in [-0.2, -0.15) is 0 Å². The van der Waals surface area contributed by atoms with Crippen LogP contribution in [0.15, 0.2) is 23.3 Å². The van der Waals surface area contributed by atoms with Gasteiger partial charge in [0.2, 0.25) is 0 Å². The molecule has 0 radical (unpaired) electrons. The number of nitrogens with zero attached hydrogens (tertiary/aromatic N) is 4. The van der Waals surface area contributed by atoms with E-state index in [0.717, 1.165) is 57.0 Å². The van der Waals surface area contributed by atoms with Gasteiger partial charge in [0.15, 0.2) is 5.96 Å². The molecule has 2 fully saturated rings. The summed E-state index contributed by atoms with van der Waals surface area (Å²) >= 11 is 0. The Balaban J connectivity index is 1.52. The summed E-state index contributed by atoms with van der Waals surface area (Å²) in [5.74, 6) is 2.81. The fourth-order valence-corrected chi connectivity index (χ4v) is 2.75. The van der Waals surface area contributed by atoms with Gasteiger partial charge in [0.1, 0.15) is 5.82 Å². The predicted octanol–water partition coefficient (Wildman–Crippen LogP) is 0.908. The number of likely N-dealkylation sites (N-methyl/N-ethyl adjacent to an activating group) is 1.